The first-order valence-electron chi connectivity index (χ1n) is 3.71. The van der Waals surface area contributed by atoms with Gasteiger partial charge >= 0.3 is 0 Å². The topological polar surface area (TPSA) is 49.3 Å². The molecule has 0 aliphatic heterocycles. The fraction of sp³-hybridized carbons (Fsp3) is 0.222. The van der Waals surface area contributed by atoms with Gasteiger partial charge in [-0.2, -0.15) is 0 Å². The van der Waals surface area contributed by atoms with Crippen LogP contribution in [-0.2, 0) is 0 Å². The number of carbonyl (C=O) groups excluding carboxylic acids is 1. The molecule has 0 bridgehead atoms. The SMILES string of the molecule is CNCC(=O)c1cccc(O)c1.Cl. The van der Waals surface area contributed by atoms with E-state index in [0.717, 1.165) is 0 Å². The lowest BCUT2D eigenvalue weighted by atomic mass is 10.1. The normalized spacial score (nSPS) is 9.00. The van der Waals surface area contributed by atoms with Crippen molar-refractivity contribution in [1.82, 2.24) is 5.32 Å². The van der Waals surface area contributed by atoms with Gasteiger partial charge in [-0.05, 0) is 19.2 Å². The first-order chi connectivity index (χ1) is 5.74. The summed E-state index contributed by atoms with van der Waals surface area (Å²) in [6.07, 6.45) is 0. The molecule has 2 N–H and O–H groups in total. The lowest BCUT2D eigenvalue weighted by Crippen LogP contribution is -2.18. The Morgan fingerprint density at radius 2 is 2.23 bits per heavy atom. The maximum Gasteiger partial charge on any atom is 0.176 e. The molecule has 4 heteroatoms. The van der Waals surface area contributed by atoms with E-state index < -0.39 is 0 Å². The summed E-state index contributed by atoms with van der Waals surface area (Å²) in [5, 5.41) is 11.8. The molecule has 0 heterocycles. The highest BCUT2D eigenvalue weighted by molar-refractivity contribution is 5.97. The van der Waals surface area contributed by atoms with Gasteiger partial charge in [0, 0.05) is 5.56 Å². The van der Waals surface area contributed by atoms with Crippen molar-refractivity contribution in [2.45, 2.75) is 0 Å². The number of hydrogen-bond acceptors (Lipinski definition) is 3. The van der Waals surface area contributed by atoms with Crippen LogP contribution in [0.4, 0.5) is 0 Å². The summed E-state index contributed by atoms with van der Waals surface area (Å²) in [5.74, 6) is 0.102. The lowest BCUT2D eigenvalue weighted by molar-refractivity contribution is 0.0993. The van der Waals surface area contributed by atoms with Crippen LogP contribution >= 0.6 is 12.4 Å². The molecular formula is C9H12ClNO2. The second-order valence-electron chi connectivity index (χ2n) is 2.50. The molecule has 0 atom stereocenters. The van der Waals surface area contributed by atoms with E-state index in [0.29, 0.717) is 12.1 Å². The summed E-state index contributed by atoms with van der Waals surface area (Å²) in [6.45, 7) is 0.295. The van der Waals surface area contributed by atoms with Crippen LogP contribution in [0.2, 0.25) is 0 Å². The summed E-state index contributed by atoms with van der Waals surface area (Å²) in [7, 11) is 1.71. The number of phenols is 1. The molecule has 0 fully saturated rings. The van der Waals surface area contributed by atoms with Gasteiger partial charge in [0.05, 0.1) is 6.54 Å². The summed E-state index contributed by atoms with van der Waals surface area (Å²) in [4.78, 5) is 11.2. The van der Waals surface area contributed by atoms with Crippen LogP contribution in [0.1, 0.15) is 10.4 Å². The molecule has 3 nitrogen and oxygen atoms in total. The van der Waals surface area contributed by atoms with E-state index >= 15 is 0 Å². The number of phenolic OH excluding ortho intramolecular Hbond substituents is 1. The Morgan fingerprint density at radius 1 is 1.54 bits per heavy atom. The molecule has 0 saturated heterocycles. The van der Waals surface area contributed by atoms with Gasteiger partial charge in [-0.15, -0.1) is 12.4 Å². The molecule has 0 unspecified atom stereocenters. The van der Waals surface area contributed by atoms with Crippen molar-refractivity contribution in [3.05, 3.63) is 29.8 Å². The molecule has 13 heavy (non-hydrogen) atoms. The maximum atomic E-state index is 11.2. The molecule has 0 aliphatic rings. The Labute approximate surface area is 83.2 Å². The minimum atomic E-state index is -0.0200. The van der Waals surface area contributed by atoms with Crippen molar-refractivity contribution in [3.8, 4) is 5.75 Å². The van der Waals surface area contributed by atoms with Crippen LogP contribution in [0.5, 0.6) is 5.75 Å². The van der Waals surface area contributed by atoms with Crippen LogP contribution in [-0.4, -0.2) is 24.5 Å². The Kier molecular flexibility index (Phi) is 5.11. The number of likely N-dealkylation sites (N-methyl/N-ethyl adjacent to an activating group) is 1. The lowest BCUT2D eigenvalue weighted by Gasteiger charge is -1.99. The summed E-state index contributed by atoms with van der Waals surface area (Å²) < 4.78 is 0. The van der Waals surface area contributed by atoms with Crippen molar-refractivity contribution in [2.75, 3.05) is 13.6 Å². The van der Waals surface area contributed by atoms with Crippen molar-refractivity contribution in [1.29, 1.82) is 0 Å². The smallest absolute Gasteiger partial charge is 0.176 e. The van der Waals surface area contributed by atoms with Gasteiger partial charge in [0.2, 0.25) is 0 Å². The van der Waals surface area contributed by atoms with Crippen LogP contribution in [0, 0.1) is 0 Å². The van der Waals surface area contributed by atoms with Crippen LogP contribution in [0.15, 0.2) is 24.3 Å². The summed E-state index contributed by atoms with van der Waals surface area (Å²) in [5.41, 5.74) is 0.532. The summed E-state index contributed by atoms with van der Waals surface area (Å²) >= 11 is 0. The Hall–Kier alpha value is -1.06. The van der Waals surface area contributed by atoms with E-state index in [1.165, 1.54) is 12.1 Å². The second-order valence-corrected chi connectivity index (χ2v) is 2.50. The zero-order valence-corrected chi connectivity index (χ0v) is 8.10. The predicted molar refractivity (Wildman–Crippen MR) is 53.6 cm³/mol. The number of rotatable bonds is 3. The van der Waals surface area contributed by atoms with Gasteiger partial charge in [-0.25, -0.2) is 0 Å². The zero-order valence-electron chi connectivity index (χ0n) is 7.28. The molecule has 0 spiro atoms. The standard InChI is InChI=1S/C9H11NO2.ClH/c1-10-6-9(12)7-3-2-4-8(11)5-7;/h2-5,10-11H,6H2,1H3;1H. The van der Waals surface area contributed by atoms with Gasteiger partial charge in [0.1, 0.15) is 5.75 Å². The minimum absolute atomic E-state index is 0. The van der Waals surface area contributed by atoms with E-state index in [4.69, 9.17) is 5.11 Å². The Bertz CT molecular complexity index is 289. The third-order valence-corrected chi connectivity index (χ3v) is 1.51. The van der Waals surface area contributed by atoms with Gasteiger partial charge < -0.3 is 10.4 Å². The van der Waals surface area contributed by atoms with Crippen LogP contribution < -0.4 is 5.32 Å². The molecule has 0 aliphatic carbocycles. The van der Waals surface area contributed by atoms with Crippen LogP contribution in [0.25, 0.3) is 0 Å². The number of ketones is 1. The van der Waals surface area contributed by atoms with Gasteiger partial charge in [-0.1, -0.05) is 12.1 Å². The largest absolute Gasteiger partial charge is 0.508 e. The molecule has 0 aromatic heterocycles. The number of aromatic hydroxyl groups is 1. The molecule has 0 saturated carbocycles. The number of Topliss-reactive ketones (excluding diaryl/α,β-unsaturated/α-hetero) is 1. The van der Waals surface area contributed by atoms with Crippen molar-refractivity contribution in [2.24, 2.45) is 0 Å². The van der Waals surface area contributed by atoms with Crippen molar-refractivity contribution in [3.63, 3.8) is 0 Å². The van der Waals surface area contributed by atoms with Gasteiger partial charge in [0.15, 0.2) is 5.78 Å². The van der Waals surface area contributed by atoms with E-state index in [9.17, 15) is 4.79 Å². The Morgan fingerprint density at radius 3 is 2.77 bits per heavy atom. The third kappa shape index (κ3) is 3.44. The van der Waals surface area contributed by atoms with E-state index in [1.807, 2.05) is 0 Å². The number of halogens is 1. The van der Waals surface area contributed by atoms with Gasteiger partial charge in [-0.3, -0.25) is 4.79 Å². The first kappa shape index (κ1) is 11.9. The number of nitrogens with one attached hydrogen (secondary N) is 1. The van der Waals surface area contributed by atoms with Crippen molar-refractivity contribution >= 4 is 18.2 Å². The molecule has 1 rings (SSSR count). The monoisotopic (exact) mass is 201 g/mol. The Balaban J connectivity index is 0.00000144. The quantitative estimate of drug-likeness (QED) is 0.723. The van der Waals surface area contributed by atoms with E-state index in [-0.39, 0.29) is 23.9 Å². The molecular weight excluding hydrogens is 190 g/mol. The average Bonchev–Trinajstić information content (AvgIpc) is 2.05. The van der Waals surface area contributed by atoms with E-state index in [2.05, 4.69) is 5.32 Å². The zero-order chi connectivity index (χ0) is 8.97. The third-order valence-electron chi connectivity index (χ3n) is 1.51. The summed E-state index contributed by atoms with van der Waals surface area (Å²) in [6, 6.07) is 6.33. The van der Waals surface area contributed by atoms with E-state index in [1.54, 1.807) is 19.2 Å². The van der Waals surface area contributed by atoms with Crippen LogP contribution in [0.3, 0.4) is 0 Å². The molecule has 0 radical (unpaired) electrons. The average molecular weight is 202 g/mol. The first-order valence-corrected chi connectivity index (χ1v) is 3.71. The molecule has 1 aromatic rings. The second kappa shape index (κ2) is 5.56. The number of hydrogen-bond donors (Lipinski definition) is 2. The predicted octanol–water partition coefficient (Wildman–Crippen LogP) is 1.22. The molecule has 0 amide bonds. The highest BCUT2D eigenvalue weighted by Gasteiger charge is 2.03. The fourth-order valence-electron chi connectivity index (χ4n) is 0.942. The molecule has 72 valence electrons. The number of benzene rings is 1. The van der Waals surface area contributed by atoms with Gasteiger partial charge in [0.25, 0.3) is 0 Å². The minimum Gasteiger partial charge on any atom is -0.508 e. The molecule has 1 aromatic carbocycles. The highest BCUT2D eigenvalue weighted by Crippen LogP contribution is 2.10. The number of carbonyl (C=O) groups is 1. The maximum absolute atomic E-state index is 11.2. The fourth-order valence-corrected chi connectivity index (χ4v) is 0.942. The van der Waals surface area contributed by atoms with Crippen molar-refractivity contribution < 1.29 is 9.90 Å². The highest BCUT2D eigenvalue weighted by atomic mass is 35.5.